The Labute approximate surface area is 523 Å². The van der Waals surface area contributed by atoms with Crippen molar-refractivity contribution in [2.75, 3.05) is 14.2 Å². The molecule has 89 heavy (non-hydrogen) atoms. The van der Waals surface area contributed by atoms with Gasteiger partial charge < -0.3 is 38.6 Å². The van der Waals surface area contributed by atoms with E-state index >= 15 is 0 Å². The number of hydrogen-bond donors (Lipinski definition) is 2. The first-order valence-electron chi connectivity index (χ1n) is 28.8. The number of benzene rings is 6. The summed E-state index contributed by atoms with van der Waals surface area (Å²) in [5.41, 5.74) is 12.2. The van der Waals surface area contributed by atoms with Crippen LogP contribution in [0.25, 0.3) is 30.6 Å². The van der Waals surface area contributed by atoms with Crippen LogP contribution in [-0.4, -0.2) is 70.4 Å². The van der Waals surface area contributed by atoms with E-state index in [1.165, 1.54) is 18.9 Å². The van der Waals surface area contributed by atoms with Crippen molar-refractivity contribution in [1.82, 2.24) is 30.8 Å². The molecule has 0 aliphatic rings. The molecular weight excluding hydrogens is 1190 g/mol. The van der Waals surface area contributed by atoms with E-state index in [1.807, 2.05) is 122 Å². The molecule has 2 N–H and O–H groups in total. The minimum atomic E-state index is -3.95. The maximum Gasteiger partial charge on any atom is 0.525 e. The highest BCUT2D eigenvalue weighted by atomic mass is 32.1. The fourth-order valence-electron chi connectivity index (χ4n) is 9.25. The molecule has 0 fully saturated rings. The number of Topliss-reactive ketones (excluding diaryl/α,β-unsaturated/α-hetero) is 1. The number of thiophene rings is 2. The first kappa shape index (κ1) is 67.1. The number of carbonyl (C=O) groups is 5. The zero-order chi connectivity index (χ0) is 63.2. The van der Waals surface area contributed by atoms with Crippen molar-refractivity contribution in [3.63, 3.8) is 0 Å². The number of ether oxygens (including phenoxy) is 4. The maximum absolute atomic E-state index is 13.3. The Balaban J connectivity index is 0.000000199. The molecular formula is C65H70N9O12PS2. The van der Waals surface area contributed by atoms with Gasteiger partial charge in [-0.1, -0.05) is 173 Å². The van der Waals surface area contributed by atoms with E-state index in [4.69, 9.17) is 33.5 Å². The molecule has 2 amide bonds. The number of unbranched alkanes of at least 4 members (excludes halogenated alkanes) is 2. The third kappa shape index (κ3) is 20.9. The number of aromatic nitrogens is 4. The lowest BCUT2D eigenvalue weighted by Gasteiger charge is -2.21. The van der Waals surface area contributed by atoms with E-state index in [1.54, 1.807) is 83.3 Å². The molecule has 464 valence electrons. The van der Waals surface area contributed by atoms with Crippen molar-refractivity contribution >= 4 is 80.5 Å². The second-order valence-electron chi connectivity index (χ2n) is 20.1. The first-order valence-corrected chi connectivity index (χ1v) is 32.1. The minimum Gasteiger partial charge on any atom is -0.469 e. The third-order valence-electron chi connectivity index (χ3n) is 13.8. The molecule has 9 aromatic rings. The average molecular weight is 1260 g/mol. The second-order valence-corrected chi connectivity index (χ2v) is 23.4. The van der Waals surface area contributed by atoms with Gasteiger partial charge in [0.1, 0.15) is 24.7 Å². The van der Waals surface area contributed by atoms with Gasteiger partial charge in [-0.15, -0.1) is 27.8 Å². The Morgan fingerprint density at radius 3 is 1.60 bits per heavy atom. The van der Waals surface area contributed by atoms with Crippen molar-refractivity contribution in [2.45, 2.75) is 103 Å². The molecule has 3 aromatic heterocycles. The lowest BCUT2D eigenvalue weighted by atomic mass is 9.91. The van der Waals surface area contributed by atoms with E-state index < -0.39 is 55.9 Å². The fourth-order valence-corrected chi connectivity index (χ4v) is 12.2. The summed E-state index contributed by atoms with van der Waals surface area (Å²) in [6.45, 7) is 4.32. The van der Waals surface area contributed by atoms with Gasteiger partial charge in [0.2, 0.25) is 0 Å². The van der Waals surface area contributed by atoms with Crippen LogP contribution in [0.4, 0.5) is 9.59 Å². The van der Waals surface area contributed by atoms with Crippen molar-refractivity contribution in [1.29, 1.82) is 0 Å². The Hall–Kier alpha value is -9.40. The summed E-state index contributed by atoms with van der Waals surface area (Å²) in [4.78, 5) is 69.3. The molecule has 0 saturated carbocycles. The number of alkyl carbamates (subject to hydrolysis) is 2. The topological polar surface area (TPSA) is 274 Å². The summed E-state index contributed by atoms with van der Waals surface area (Å²) in [6, 6.07) is 49.5. The Kier molecular flexibility index (Phi) is 26.7. The molecule has 0 spiro atoms. The zero-order valence-electron chi connectivity index (χ0n) is 49.7. The number of carbonyl (C=O) groups excluding carboxylic acids is 5. The van der Waals surface area contributed by atoms with Crippen LogP contribution in [0.5, 0.6) is 11.5 Å². The van der Waals surface area contributed by atoms with Gasteiger partial charge in [-0.3, -0.25) is 9.59 Å². The normalized spacial score (nSPS) is 12.2. The smallest absolute Gasteiger partial charge is 0.469 e. The average Bonchev–Trinajstić information content (AvgIpc) is 2.57. The summed E-state index contributed by atoms with van der Waals surface area (Å²) < 4.78 is 47.1. The number of methoxy groups -OCH3 is 2. The third-order valence-corrected chi connectivity index (χ3v) is 17.0. The molecule has 9 rings (SSSR count). The van der Waals surface area contributed by atoms with E-state index in [0.717, 1.165) is 68.1 Å². The number of para-hydroxylation sites is 2. The van der Waals surface area contributed by atoms with Crippen LogP contribution in [0.15, 0.2) is 186 Å². The number of esters is 2. The van der Waals surface area contributed by atoms with Gasteiger partial charge in [0.15, 0.2) is 17.6 Å². The van der Waals surface area contributed by atoms with Crippen molar-refractivity contribution in [3.05, 3.63) is 219 Å². The number of tetrazole rings is 1. The highest BCUT2D eigenvalue weighted by Gasteiger charge is 2.32. The van der Waals surface area contributed by atoms with Gasteiger partial charge in [-0.25, -0.2) is 23.6 Å². The number of nitrogens with one attached hydrogen (secondary N) is 2. The Morgan fingerprint density at radius 1 is 0.618 bits per heavy atom. The molecule has 0 unspecified atom stereocenters. The van der Waals surface area contributed by atoms with Crippen LogP contribution in [0, 0.1) is 5.92 Å². The van der Waals surface area contributed by atoms with Crippen molar-refractivity contribution in [3.8, 4) is 11.5 Å². The van der Waals surface area contributed by atoms with Gasteiger partial charge >= 0.3 is 31.9 Å². The monoisotopic (exact) mass is 1260 g/mol. The molecule has 21 nitrogen and oxygen atoms in total. The van der Waals surface area contributed by atoms with Crippen molar-refractivity contribution in [2.24, 2.45) is 10.8 Å². The van der Waals surface area contributed by atoms with Crippen LogP contribution in [0.1, 0.15) is 99.0 Å². The number of ketones is 1. The molecule has 0 aliphatic carbocycles. The number of hydrogen-bond acceptors (Lipinski definition) is 17. The highest BCUT2D eigenvalue weighted by molar-refractivity contribution is 7.53. The quantitative estimate of drug-likeness (QED) is 0.0115. The molecule has 4 atom stereocenters. The lowest BCUT2D eigenvalue weighted by molar-refractivity contribution is -0.147. The summed E-state index contributed by atoms with van der Waals surface area (Å²) in [5.74, 6) is -0.590. The molecule has 0 saturated heterocycles. The summed E-state index contributed by atoms with van der Waals surface area (Å²) in [6.07, 6.45) is 4.02. The fraction of sp³-hybridized carbons (Fsp3) is 0.292. The van der Waals surface area contributed by atoms with Gasteiger partial charge in [-0.2, -0.15) is 0 Å². The van der Waals surface area contributed by atoms with Crippen LogP contribution >= 0.6 is 30.4 Å². The first-order chi connectivity index (χ1) is 43.3. The SMILES string of the molecule is CCCC[C@@H](C(=O)OC)n1nnnc1[C@H](Cc1csc2ccccc12)NC(=O)OCc1ccccc1.CCCC[C@H](CC(=O)[C@H](Cc1csc2ccccc12)NC(=O)OCc1ccccc1)C(=O)OC.[N-]=[N+]=NP(=O)(Oc1ccccc1)Oc1ccccc1. The number of rotatable bonds is 28. The second kappa shape index (κ2) is 35.4. The summed E-state index contributed by atoms with van der Waals surface area (Å²) >= 11 is 3.23. The Bertz CT molecular complexity index is 3730. The Morgan fingerprint density at radius 2 is 1.09 bits per heavy atom. The van der Waals surface area contributed by atoms with Crippen LogP contribution in [0.3, 0.4) is 0 Å². The maximum atomic E-state index is 13.3. The highest BCUT2D eigenvalue weighted by Crippen LogP contribution is 2.50. The summed E-state index contributed by atoms with van der Waals surface area (Å²) in [7, 11) is -1.27. The predicted molar refractivity (Wildman–Crippen MR) is 341 cm³/mol. The molecule has 3 heterocycles. The summed E-state index contributed by atoms with van der Waals surface area (Å²) in [5, 5.41) is 24.1. The van der Waals surface area contributed by atoms with E-state index in [-0.39, 0.29) is 25.4 Å². The van der Waals surface area contributed by atoms with Gasteiger partial charge in [0, 0.05) is 38.5 Å². The van der Waals surface area contributed by atoms with E-state index in [2.05, 4.69) is 47.4 Å². The zero-order valence-corrected chi connectivity index (χ0v) is 52.2. The standard InChI is InChI=1S/C27H31NO5S.C26H29N5O4S.C12H10N3O3P/c1-3-4-12-20(26(30)32-2)16-24(29)23(15-21-18-34-25-14-9-8-13-22(21)25)28-27(31)33-17-19-10-6-5-7-11-19;1-3-4-13-22(25(32)34-2)31-24(28-29-30-31)21(15-19-17-36-23-14-9-8-12-20(19)23)27-26(33)35-16-18-10-6-5-7-11-18;13-14-15-19(16,17-11-7-3-1-4-8-11)18-12-9-5-2-6-10-12/h5-11,13-14,18,20,23H,3-4,12,15-17H2,1-2H3,(H,28,31);5-12,14,17,21-22H,3-4,13,15-16H2,1-2H3,(H,27,33);1-10H/t20-,23+;21-,22-;/m10./s1. The van der Waals surface area contributed by atoms with Gasteiger partial charge in [-0.05, 0) is 109 Å². The number of azide groups is 1. The van der Waals surface area contributed by atoms with Crippen LogP contribution in [0.2, 0.25) is 0 Å². The molecule has 0 bridgehead atoms. The molecule has 0 radical (unpaired) electrons. The predicted octanol–water partition coefficient (Wildman–Crippen LogP) is 15.2. The van der Waals surface area contributed by atoms with Gasteiger partial charge in [0.25, 0.3) is 0 Å². The lowest BCUT2D eigenvalue weighted by Crippen LogP contribution is -2.43. The van der Waals surface area contributed by atoms with E-state index in [0.29, 0.717) is 43.0 Å². The van der Waals surface area contributed by atoms with Gasteiger partial charge in [0.05, 0.1) is 32.2 Å². The van der Waals surface area contributed by atoms with Crippen LogP contribution in [-0.2, 0) is 64.0 Å². The number of nitrogens with zero attached hydrogens (tertiary/aromatic N) is 7. The molecule has 24 heteroatoms. The number of fused-ring (bicyclic) bond motifs is 2. The minimum absolute atomic E-state index is 0.0123. The molecule has 6 aromatic carbocycles. The van der Waals surface area contributed by atoms with E-state index in [9.17, 15) is 28.5 Å². The molecule has 0 aliphatic heterocycles. The van der Waals surface area contributed by atoms with Crippen molar-refractivity contribution < 1.29 is 56.5 Å². The largest absolute Gasteiger partial charge is 0.525 e. The van der Waals surface area contributed by atoms with Crippen LogP contribution < -0.4 is 19.7 Å². The number of amides is 2.